The number of carbonyl (C=O) groups is 2. The van der Waals surface area contributed by atoms with Crippen molar-refractivity contribution in [3.8, 4) is 0 Å². The first-order valence-corrected chi connectivity index (χ1v) is 9.38. The van der Waals surface area contributed by atoms with Crippen molar-refractivity contribution in [2.75, 3.05) is 26.2 Å². The highest BCUT2D eigenvalue weighted by atomic mass is 35.5. The molecule has 146 valence electrons. The van der Waals surface area contributed by atoms with Gasteiger partial charge in [-0.3, -0.25) is 4.79 Å². The third-order valence-electron chi connectivity index (χ3n) is 5.27. The molecule has 0 aromatic rings. The molecule has 2 atom stereocenters. The van der Waals surface area contributed by atoms with Crippen molar-refractivity contribution >= 4 is 24.3 Å². The number of halogens is 1. The molecule has 0 spiro atoms. The van der Waals surface area contributed by atoms with Crippen molar-refractivity contribution in [1.82, 2.24) is 15.5 Å². The Morgan fingerprint density at radius 2 is 1.96 bits per heavy atom. The van der Waals surface area contributed by atoms with Crippen molar-refractivity contribution in [2.24, 2.45) is 23.5 Å². The summed E-state index contributed by atoms with van der Waals surface area (Å²) in [5.74, 6) is 1.28. The van der Waals surface area contributed by atoms with Gasteiger partial charge in [-0.2, -0.15) is 0 Å². The molecular formula is C18H35ClN4O2. The summed E-state index contributed by atoms with van der Waals surface area (Å²) in [6.07, 6.45) is 4.76. The zero-order valence-electron chi connectivity index (χ0n) is 15.8. The molecule has 1 saturated heterocycles. The van der Waals surface area contributed by atoms with Gasteiger partial charge in [0.15, 0.2) is 0 Å². The highest BCUT2D eigenvalue weighted by molar-refractivity contribution is 5.85. The van der Waals surface area contributed by atoms with E-state index in [0.717, 1.165) is 32.2 Å². The Bertz CT molecular complexity index is 456. The average molecular weight is 375 g/mol. The first-order chi connectivity index (χ1) is 11.3. The molecule has 1 aliphatic carbocycles. The fourth-order valence-electron chi connectivity index (χ4n) is 3.49. The van der Waals surface area contributed by atoms with E-state index in [1.807, 2.05) is 4.90 Å². The van der Waals surface area contributed by atoms with Crippen molar-refractivity contribution in [1.29, 1.82) is 0 Å². The van der Waals surface area contributed by atoms with Crippen LogP contribution in [-0.4, -0.2) is 48.6 Å². The number of nitrogens with one attached hydrogen (secondary N) is 2. The van der Waals surface area contributed by atoms with Gasteiger partial charge in [0, 0.05) is 32.6 Å². The maximum Gasteiger partial charge on any atom is 0.317 e. The lowest BCUT2D eigenvalue weighted by Gasteiger charge is -2.34. The normalized spacial score (nSPS) is 22.8. The molecule has 2 unspecified atom stereocenters. The van der Waals surface area contributed by atoms with Crippen LogP contribution in [0.1, 0.15) is 52.9 Å². The number of rotatable bonds is 7. The number of carbonyl (C=O) groups excluding carboxylic acids is 2. The molecule has 2 rings (SSSR count). The lowest BCUT2D eigenvalue weighted by molar-refractivity contribution is -0.124. The minimum Gasteiger partial charge on any atom is -0.349 e. The van der Waals surface area contributed by atoms with E-state index in [-0.39, 0.29) is 35.8 Å². The molecule has 1 heterocycles. The number of piperidine rings is 1. The van der Waals surface area contributed by atoms with Gasteiger partial charge in [-0.05, 0) is 50.4 Å². The molecule has 1 aliphatic heterocycles. The van der Waals surface area contributed by atoms with Crippen LogP contribution in [0.5, 0.6) is 0 Å². The van der Waals surface area contributed by atoms with Crippen molar-refractivity contribution in [3.05, 3.63) is 0 Å². The second kappa shape index (κ2) is 9.62. The summed E-state index contributed by atoms with van der Waals surface area (Å²) in [6, 6.07) is -0.00131. The summed E-state index contributed by atoms with van der Waals surface area (Å²) in [5, 5.41) is 6.12. The van der Waals surface area contributed by atoms with Crippen LogP contribution in [0.4, 0.5) is 4.79 Å². The van der Waals surface area contributed by atoms with E-state index < -0.39 is 0 Å². The number of hydrogen-bond acceptors (Lipinski definition) is 3. The molecule has 2 aliphatic rings. The van der Waals surface area contributed by atoms with Gasteiger partial charge >= 0.3 is 6.03 Å². The highest BCUT2D eigenvalue weighted by Gasteiger charge is 2.41. The van der Waals surface area contributed by atoms with Crippen LogP contribution in [-0.2, 0) is 4.79 Å². The van der Waals surface area contributed by atoms with E-state index in [0.29, 0.717) is 37.9 Å². The van der Waals surface area contributed by atoms with Gasteiger partial charge in [0.1, 0.15) is 0 Å². The quantitative estimate of drug-likeness (QED) is 0.637. The molecule has 0 aromatic heterocycles. The molecule has 0 aromatic carbocycles. The number of nitrogens with zero attached hydrogens (tertiary/aromatic N) is 1. The van der Waals surface area contributed by atoms with Crippen LogP contribution in [0.25, 0.3) is 0 Å². The SMILES string of the molecule is CC(C)CNC(=O)N1CCCC(CC(=O)NC(C)(CN)C2CC2)C1.Cl. The maximum atomic E-state index is 12.4. The van der Waals surface area contributed by atoms with Gasteiger partial charge in [-0.25, -0.2) is 4.79 Å². The topological polar surface area (TPSA) is 87.5 Å². The summed E-state index contributed by atoms with van der Waals surface area (Å²) in [4.78, 5) is 26.5. The summed E-state index contributed by atoms with van der Waals surface area (Å²) < 4.78 is 0. The largest absolute Gasteiger partial charge is 0.349 e. The van der Waals surface area contributed by atoms with Gasteiger partial charge < -0.3 is 21.3 Å². The van der Waals surface area contributed by atoms with E-state index in [9.17, 15) is 9.59 Å². The van der Waals surface area contributed by atoms with Crippen LogP contribution in [0, 0.1) is 17.8 Å². The first kappa shape index (κ1) is 22.0. The van der Waals surface area contributed by atoms with Gasteiger partial charge in [0.25, 0.3) is 0 Å². The number of nitrogens with two attached hydrogens (primary N) is 1. The maximum absolute atomic E-state index is 12.4. The third-order valence-corrected chi connectivity index (χ3v) is 5.27. The predicted octanol–water partition coefficient (Wildman–Crippen LogP) is 2.12. The van der Waals surface area contributed by atoms with E-state index in [4.69, 9.17) is 5.73 Å². The average Bonchev–Trinajstić information content (AvgIpc) is 3.37. The Morgan fingerprint density at radius 3 is 2.52 bits per heavy atom. The van der Waals surface area contributed by atoms with Crippen molar-refractivity contribution < 1.29 is 9.59 Å². The molecule has 25 heavy (non-hydrogen) atoms. The Morgan fingerprint density at radius 1 is 1.28 bits per heavy atom. The summed E-state index contributed by atoms with van der Waals surface area (Å²) in [5.41, 5.74) is 5.61. The van der Waals surface area contributed by atoms with Gasteiger partial charge in [-0.15, -0.1) is 12.4 Å². The van der Waals surface area contributed by atoms with Crippen LogP contribution in [0.2, 0.25) is 0 Å². The number of likely N-dealkylation sites (tertiary alicyclic amines) is 1. The Balaban J connectivity index is 0.00000312. The molecule has 0 radical (unpaired) electrons. The zero-order valence-corrected chi connectivity index (χ0v) is 16.7. The number of amides is 3. The lowest BCUT2D eigenvalue weighted by Crippen LogP contribution is -2.54. The summed E-state index contributed by atoms with van der Waals surface area (Å²) >= 11 is 0. The van der Waals surface area contributed by atoms with Crippen LogP contribution in [0.15, 0.2) is 0 Å². The van der Waals surface area contributed by atoms with E-state index in [1.54, 1.807) is 0 Å². The molecular weight excluding hydrogens is 340 g/mol. The molecule has 6 nitrogen and oxygen atoms in total. The van der Waals surface area contributed by atoms with Crippen LogP contribution in [0.3, 0.4) is 0 Å². The van der Waals surface area contributed by atoms with Gasteiger partial charge in [-0.1, -0.05) is 13.8 Å². The molecule has 4 N–H and O–H groups in total. The molecule has 3 amide bonds. The predicted molar refractivity (Wildman–Crippen MR) is 103 cm³/mol. The fraction of sp³-hybridized carbons (Fsp3) is 0.889. The second-order valence-electron chi connectivity index (χ2n) is 8.18. The van der Waals surface area contributed by atoms with Crippen molar-refractivity contribution in [3.63, 3.8) is 0 Å². The minimum absolute atomic E-state index is 0. The summed E-state index contributed by atoms with van der Waals surface area (Å²) in [6.45, 7) is 8.84. The Labute approximate surface area is 158 Å². The van der Waals surface area contributed by atoms with Gasteiger partial charge in [0.2, 0.25) is 5.91 Å². The monoisotopic (exact) mass is 374 g/mol. The molecule has 0 bridgehead atoms. The Hall–Kier alpha value is -1.01. The van der Waals surface area contributed by atoms with Gasteiger partial charge in [0.05, 0.1) is 5.54 Å². The first-order valence-electron chi connectivity index (χ1n) is 9.38. The van der Waals surface area contributed by atoms with E-state index >= 15 is 0 Å². The highest BCUT2D eigenvalue weighted by Crippen LogP contribution is 2.39. The fourth-order valence-corrected chi connectivity index (χ4v) is 3.49. The van der Waals surface area contributed by atoms with Crippen LogP contribution >= 0.6 is 12.4 Å². The van der Waals surface area contributed by atoms with E-state index in [1.165, 1.54) is 0 Å². The molecule has 7 heteroatoms. The zero-order chi connectivity index (χ0) is 17.7. The standard InChI is InChI=1S/C18H34N4O2.ClH/c1-13(2)10-20-17(24)22-8-4-5-14(11-22)9-16(23)21-18(3,12-19)15-6-7-15;/h13-15H,4-12,19H2,1-3H3,(H,20,24)(H,21,23);1H. The number of hydrogen-bond donors (Lipinski definition) is 3. The van der Waals surface area contributed by atoms with Crippen LogP contribution < -0.4 is 16.4 Å². The third kappa shape index (κ3) is 6.66. The number of urea groups is 1. The Kier molecular flexibility index (Phi) is 8.48. The minimum atomic E-state index is -0.264. The second-order valence-corrected chi connectivity index (χ2v) is 8.18. The lowest BCUT2D eigenvalue weighted by atomic mass is 9.92. The van der Waals surface area contributed by atoms with Crippen molar-refractivity contribution in [2.45, 2.75) is 58.4 Å². The molecule has 2 fully saturated rings. The van der Waals surface area contributed by atoms with E-state index in [2.05, 4.69) is 31.4 Å². The molecule has 1 saturated carbocycles. The smallest absolute Gasteiger partial charge is 0.317 e. The summed E-state index contributed by atoms with van der Waals surface area (Å²) in [7, 11) is 0.